The number of hydrogen-bond donors (Lipinski definition) is 3. The fourth-order valence-electron chi connectivity index (χ4n) is 2.44. The van der Waals surface area contributed by atoms with Crippen LogP contribution in [0.25, 0.3) is 0 Å². The number of nitrogen functional groups attached to an aromatic ring is 2. The van der Waals surface area contributed by atoms with Gasteiger partial charge < -0.3 is 16.8 Å². The van der Waals surface area contributed by atoms with Gasteiger partial charge in [-0.05, 0) is 30.4 Å². The second-order valence-corrected chi connectivity index (χ2v) is 7.36. The van der Waals surface area contributed by atoms with E-state index in [2.05, 4.69) is 53.4 Å². The van der Waals surface area contributed by atoms with Gasteiger partial charge in [-0.3, -0.25) is 4.79 Å². The van der Waals surface area contributed by atoms with E-state index in [1.165, 1.54) is 23.4 Å². The molecule has 1 aromatic heterocycles. The van der Waals surface area contributed by atoms with Crippen molar-refractivity contribution in [3.63, 3.8) is 0 Å². The van der Waals surface area contributed by atoms with Crippen molar-refractivity contribution in [1.29, 1.82) is 0 Å². The van der Waals surface area contributed by atoms with Crippen molar-refractivity contribution >= 4 is 29.3 Å². The van der Waals surface area contributed by atoms with Gasteiger partial charge in [-0.2, -0.15) is 0 Å². The number of thioether (sulfide) groups is 1. The lowest BCUT2D eigenvalue weighted by Gasteiger charge is -2.15. The van der Waals surface area contributed by atoms with Crippen molar-refractivity contribution in [2.45, 2.75) is 38.4 Å². The number of hydrogen-bond acceptors (Lipinski definition) is 6. The van der Waals surface area contributed by atoms with Crippen LogP contribution >= 0.6 is 11.8 Å². The third-order valence-corrected chi connectivity index (χ3v) is 4.43. The Morgan fingerprint density at radius 1 is 1.12 bits per heavy atom. The standard InChI is InChI=1S/C18H25N5OS/c1-11(2)8-13-4-6-14(7-5-13)12(3)21-17(24)10-25-18-22-15(19)9-16(20)23-18/h4-7,9,11-12H,8,10H2,1-3H3,(H,21,24)(H4,19,20,22,23). The molecule has 0 aliphatic carbocycles. The first-order valence-corrected chi connectivity index (χ1v) is 9.23. The first-order valence-electron chi connectivity index (χ1n) is 8.24. The average Bonchev–Trinajstić information content (AvgIpc) is 2.52. The molecule has 1 heterocycles. The predicted octanol–water partition coefficient (Wildman–Crippen LogP) is 2.81. The summed E-state index contributed by atoms with van der Waals surface area (Å²) >= 11 is 1.21. The molecule has 7 heteroatoms. The Morgan fingerprint density at radius 2 is 1.72 bits per heavy atom. The molecule has 0 radical (unpaired) electrons. The second-order valence-electron chi connectivity index (χ2n) is 6.42. The number of aromatic nitrogens is 2. The summed E-state index contributed by atoms with van der Waals surface area (Å²) in [7, 11) is 0. The topological polar surface area (TPSA) is 107 Å². The molecular weight excluding hydrogens is 334 g/mol. The lowest BCUT2D eigenvalue weighted by molar-refractivity contribution is -0.119. The molecule has 0 saturated carbocycles. The minimum atomic E-state index is -0.0895. The van der Waals surface area contributed by atoms with Crippen molar-refractivity contribution in [3.05, 3.63) is 41.5 Å². The molecule has 5 N–H and O–H groups in total. The summed E-state index contributed by atoms with van der Waals surface area (Å²) in [5.41, 5.74) is 13.6. The number of carbonyl (C=O) groups excluding carboxylic acids is 1. The molecule has 1 amide bonds. The number of benzene rings is 1. The van der Waals surface area contributed by atoms with E-state index in [4.69, 9.17) is 11.5 Å². The number of carbonyl (C=O) groups is 1. The monoisotopic (exact) mass is 359 g/mol. The van der Waals surface area contributed by atoms with Gasteiger partial charge in [-0.25, -0.2) is 9.97 Å². The predicted molar refractivity (Wildman–Crippen MR) is 103 cm³/mol. The lowest BCUT2D eigenvalue weighted by atomic mass is 10.00. The molecule has 1 atom stereocenters. The highest BCUT2D eigenvalue weighted by Gasteiger charge is 2.11. The molecule has 25 heavy (non-hydrogen) atoms. The lowest BCUT2D eigenvalue weighted by Crippen LogP contribution is -2.28. The van der Waals surface area contributed by atoms with Gasteiger partial charge in [0.2, 0.25) is 5.91 Å². The fourth-order valence-corrected chi connectivity index (χ4v) is 3.12. The molecule has 6 nitrogen and oxygen atoms in total. The number of amides is 1. The van der Waals surface area contributed by atoms with Crippen molar-refractivity contribution in [2.75, 3.05) is 17.2 Å². The van der Waals surface area contributed by atoms with Gasteiger partial charge in [0.25, 0.3) is 0 Å². The Labute approximate surface area is 152 Å². The van der Waals surface area contributed by atoms with Gasteiger partial charge in [-0.1, -0.05) is 49.9 Å². The minimum Gasteiger partial charge on any atom is -0.383 e. The fraction of sp³-hybridized carbons (Fsp3) is 0.389. The van der Waals surface area contributed by atoms with Crippen LogP contribution < -0.4 is 16.8 Å². The van der Waals surface area contributed by atoms with E-state index < -0.39 is 0 Å². The quantitative estimate of drug-likeness (QED) is 0.518. The van der Waals surface area contributed by atoms with Crippen LogP contribution in [0.15, 0.2) is 35.5 Å². The highest BCUT2D eigenvalue weighted by atomic mass is 32.2. The maximum Gasteiger partial charge on any atom is 0.230 e. The summed E-state index contributed by atoms with van der Waals surface area (Å²) in [6.07, 6.45) is 1.06. The molecule has 0 saturated heterocycles. The molecule has 0 aliphatic heterocycles. The zero-order valence-electron chi connectivity index (χ0n) is 14.8. The number of rotatable bonds is 7. The molecular formula is C18H25N5OS. The molecule has 0 aliphatic rings. The normalized spacial score (nSPS) is 12.2. The summed E-state index contributed by atoms with van der Waals surface area (Å²) in [6, 6.07) is 9.80. The van der Waals surface area contributed by atoms with Crippen LogP contribution in [0, 0.1) is 5.92 Å². The Bertz CT molecular complexity index is 698. The van der Waals surface area contributed by atoms with Crippen LogP contribution in [0.3, 0.4) is 0 Å². The Hall–Kier alpha value is -2.28. The molecule has 1 aromatic carbocycles. The van der Waals surface area contributed by atoms with Gasteiger partial charge in [0.05, 0.1) is 11.8 Å². The van der Waals surface area contributed by atoms with Crippen molar-refractivity contribution in [1.82, 2.24) is 15.3 Å². The number of nitrogens with zero attached hydrogens (tertiary/aromatic N) is 2. The van der Waals surface area contributed by atoms with Gasteiger partial charge in [0, 0.05) is 6.07 Å². The summed E-state index contributed by atoms with van der Waals surface area (Å²) < 4.78 is 0. The number of nitrogens with one attached hydrogen (secondary N) is 1. The second kappa shape index (κ2) is 8.71. The highest BCUT2D eigenvalue weighted by Crippen LogP contribution is 2.18. The Morgan fingerprint density at radius 3 is 2.28 bits per heavy atom. The first kappa shape index (κ1) is 19.1. The van der Waals surface area contributed by atoms with Crippen LogP contribution in [0.5, 0.6) is 0 Å². The zero-order chi connectivity index (χ0) is 18.4. The molecule has 0 fully saturated rings. The van der Waals surface area contributed by atoms with Crippen molar-refractivity contribution in [3.8, 4) is 0 Å². The molecule has 1 unspecified atom stereocenters. The van der Waals surface area contributed by atoms with Crippen LogP contribution in [-0.4, -0.2) is 21.6 Å². The van der Waals surface area contributed by atoms with E-state index in [0.29, 0.717) is 22.7 Å². The molecule has 0 bridgehead atoms. The summed E-state index contributed by atoms with van der Waals surface area (Å²) in [5.74, 6) is 1.34. The van der Waals surface area contributed by atoms with E-state index in [1.54, 1.807) is 0 Å². The number of anilines is 2. The van der Waals surface area contributed by atoms with Crippen LogP contribution in [0.2, 0.25) is 0 Å². The summed E-state index contributed by atoms with van der Waals surface area (Å²) in [5, 5.41) is 3.38. The van der Waals surface area contributed by atoms with E-state index in [9.17, 15) is 4.79 Å². The van der Waals surface area contributed by atoms with Gasteiger partial charge in [-0.15, -0.1) is 0 Å². The molecule has 0 spiro atoms. The van der Waals surface area contributed by atoms with E-state index >= 15 is 0 Å². The molecule has 2 rings (SSSR count). The highest BCUT2D eigenvalue weighted by molar-refractivity contribution is 7.99. The zero-order valence-corrected chi connectivity index (χ0v) is 15.6. The SMILES string of the molecule is CC(C)Cc1ccc(C(C)NC(=O)CSc2nc(N)cc(N)n2)cc1. The molecule has 2 aromatic rings. The molecule has 134 valence electrons. The third-order valence-electron chi connectivity index (χ3n) is 3.58. The van der Waals surface area contributed by atoms with Crippen molar-refractivity contribution in [2.24, 2.45) is 5.92 Å². The van der Waals surface area contributed by atoms with Crippen LogP contribution in [0.4, 0.5) is 11.6 Å². The average molecular weight is 359 g/mol. The third kappa shape index (κ3) is 6.26. The maximum absolute atomic E-state index is 12.1. The summed E-state index contributed by atoms with van der Waals surface area (Å²) in [4.78, 5) is 20.2. The van der Waals surface area contributed by atoms with Crippen LogP contribution in [-0.2, 0) is 11.2 Å². The van der Waals surface area contributed by atoms with Gasteiger partial charge in [0.15, 0.2) is 5.16 Å². The summed E-state index contributed by atoms with van der Waals surface area (Å²) in [6.45, 7) is 6.37. The Balaban J connectivity index is 1.87. The maximum atomic E-state index is 12.1. The van der Waals surface area contributed by atoms with E-state index in [0.717, 1.165) is 12.0 Å². The van der Waals surface area contributed by atoms with Gasteiger partial charge >= 0.3 is 0 Å². The smallest absolute Gasteiger partial charge is 0.230 e. The van der Waals surface area contributed by atoms with Gasteiger partial charge in [0.1, 0.15) is 11.6 Å². The Kier molecular flexibility index (Phi) is 6.64. The first-order chi connectivity index (χ1) is 11.8. The van der Waals surface area contributed by atoms with Crippen molar-refractivity contribution < 1.29 is 4.79 Å². The minimum absolute atomic E-state index is 0.0620. The van der Waals surface area contributed by atoms with Crippen LogP contribution in [0.1, 0.15) is 37.9 Å². The largest absolute Gasteiger partial charge is 0.383 e. The number of nitrogens with two attached hydrogens (primary N) is 2. The van der Waals surface area contributed by atoms with E-state index in [-0.39, 0.29) is 17.7 Å². The van der Waals surface area contributed by atoms with E-state index in [1.807, 2.05) is 6.92 Å².